The number of fused-ring (bicyclic) bond motifs is 1. The van der Waals surface area contributed by atoms with E-state index in [4.69, 9.17) is 14.6 Å². The molecule has 1 fully saturated rings. The third-order valence-electron chi connectivity index (χ3n) is 3.79. The van der Waals surface area contributed by atoms with Crippen molar-refractivity contribution in [1.82, 2.24) is 19.8 Å². The number of rotatable bonds is 4. The Balaban J connectivity index is 1.91. The Labute approximate surface area is 130 Å². The number of ether oxygens (including phenoxy) is 2. The number of hydrogen-bond acceptors (Lipinski definition) is 6. The Kier molecular flexibility index (Phi) is 4.01. The van der Waals surface area contributed by atoms with E-state index in [1.54, 1.807) is 7.11 Å². The number of aryl methyl sites for hydroxylation is 1. The van der Waals surface area contributed by atoms with Gasteiger partial charge in [0, 0.05) is 26.6 Å². The van der Waals surface area contributed by atoms with Gasteiger partial charge < -0.3 is 14.4 Å². The highest BCUT2D eigenvalue weighted by Gasteiger charge is 2.34. The lowest BCUT2D eigenvalue weighted by atomic mass is 10.1. The van der Waals surface area contributed by atoms with E-state index in [9.17, 15) is 0 Å². The second-order valence-corrected chi connectivity index (χ2v) is 6.27. The van der Waals surface area contributed by atoms with Gasteiger partial charge >= 0.3 is 0 Å². The van der Waals surface area contributed by atoms with E-state index in [1.807, 2.05) is 16.6 Å². The van der Waals surface area contributed by atoms with Crippen LogP contribution in [-0.4, -0.2) is 58.3 Å². The first-order valence-corrected chi connectivity index (χ1v) is 7.65. The summed E-state index contributed by atoms with van der Waals surface area (Å²) in [6.07, 6.45) is 0.844. The van der Waals surface area contributed by atoms with Crippen LogP contribution in [-0.2, 0) is 15.9 Å². The molecule has 2 aromatic heterocycles. The molecule has 0 spiro atoms. The molecule has 1 aliphatic heterocycles. The van der Waals surface area contributed by atoms with Crippen molar-refractivity contribution in [3.8, 4) is 0 Å². The van der Waals surface area contributed by atoms with Crippen molar-refractivity contribution < 1.29 is 9.47 Å². The Bertz CT molecular complexity index is 654. The maximum Gasteiger partial charge on any atom is 0.178 e. The number of hydrogen-bond donors (Lipinski definition) is 0. The average molecular weight is 305 g/mol. The van der Waals surface area contributed by atoms with Gasteiger partial charge in [0.05, 0.1) is 18.3 Å². The Morgan fingerprint density at radius 3 is 2.91 bits per heavy atom. The minimum absolute atomic E-state index is 0.0396. The van der Waals surface area contributed by atoms with Crippen LogP contribution in [0.1, 0.15) is 26.6 Å². The molecule has 1 atom stereocenters. The van der Waals surface area contributed by atoms with Crippen LogP contribution in [0.2, 0.25) is 0 Å². The molecule has 0 unspecified atom stereocenters. The van der Waals surface area contributed by atoms with Crippen molar-refractivity contribution in [3.05, 3.63) is 18.0 Å². The van der Waals surface area contributed by atoms with Crippen molar-refractivity contribution in [1.29, 1.82) is 0 Å². The summed E-state index contributed by atoms with van der Waals surface area (Å²) in [5, 5.41) is 13.0. The number of morpholine rings is 1. The lowest BCUT2D eigenvalue weighted by Crippen LogP contribution is -2.54. The highest BCUT2D eigenvalue weighted by Crippen LogP contribution is 2.25. The fraction of sp³-hybridized carbons (Fsp3) is 0.667. The molecule has 3 heterocycles. The third-order valence-corrected chi connectivity index (χ3v) is 3.79. The maximum absolute atomic E-state index is 6.06. The molecule has 1 aliphatic rings. The van der Waals surface area contributed by atoms with E-state index in [2.05, 4.69) is 35.9 Å². The van der Waals surface area contributed by atoms with Gasteiger partial charge in [0.15, 0.2) is 11.5 Å². The summed E-state index contributed by atoms with van der Waals surface area (Å²) < 4.78 is 13.1. The van der Waals surface area contributed by atoms with E-state index >= 15 is 0 Å². The van der Waals surface area contributed by atoms with Gasteiger partial charge in [-0.15, -0.1) is 15.3 Å². The van der Waals surface area contributed by atoms with E-state index in [0.29, 0.717) is 6.61 Å². The fourth-order valence-electron chi connectivity index (χ4n) is 2.96. The summed E-state index contributed by atoms with van der Waals surface area (Å²) >= 11 is 0. The van der Waals surface area contributed by atoms with E-state index in [0.717, 1.165) is 36.8 Å². The summed E-state index contributed by atoms with van der Waals surface area (Å²) in [6, 6.07) is 3.96. The molecule has 3 rings (SSSR count). The largest absolute Gasteiger partial charge is 0.382 e. The zero-order valence-corrected chi connectivity index (χ0v) is 13.6. The maximum atomic E-state index is 6.06. The predicted octanol–water partition coefficient (Wildman–Crippen LogP) is 1.32. The molecule has 0 aliphatic carbocycles. The van der Waals surface area contributed by atoms with Gasteiger partial charge in [-0.25, -0.2) is 0 Å². The summed E-state index contributed by atoms with van der Waals surface area (Å²) in [4.78, 5) is 2.24. The van der Waals surface area contributed by atoms with Crippen LogP contribution in [0, 0.1) is 0 Å². The van der Waals surface area contributed by atoms with Crippen LogP contribution in [0.3, 0.4) is 0 Å². The van der Waals surface area contributed by atoms with Gasteiger partial charge in [0.1, 0.15) is 5.82 Å². The predicted molar refractivity (Wildman–Crippen MR) is 83.2 cm³/mol. The SMILES string of the molecule is CCc1nnc2ccc(N3C[C@H](COC)OC(C)(C)C3)nn12. The molecule has 7 heteroatoms. The number of anilines is 1. The van der Waals surface area contributed by atoms with Gasteiger partial charge in [0.25, 0.3) is 0 Å². The minimum atomic E-state index is -0.237. The quantitative estimate of drug-likeness (QED) is 0.849. The first-order chi connectivity index (χ1) is 10.5. The van der Waals surface area contributed by atoms with Crippen molar-refractivity contribution >= 4 is 11.5 Å². The molecule has 22 heavy (non-hydrogen) atoms. The summed E-state index contributed by atoms with van der Waals surface area (Å²) in [7, 11) is 1.70. The van der Waals surface area contributed by atoms with Gasteiger partial charge in [-0.1, -0.05) is 6.92 Å². The van der Waals surface area contributed by atoms with Gasteiger partial charge in [-0.2, -0.15) is 4.52 Å². The van der Waals surface area contributed by atoms with Crippen LogP contribution in [0.15, 0.2) is 12.1 Å². The van der Waals surface area contributed by atoms with Crippen LogP contribution >= 0.6 is 0 Å². The monoisotopic (exact) mass is 305 g/mol. The van der Waals surface area contributed by atoms with Gasteiger partial charge in [-0.05, 0) is 26.0 Å². The lowest BCUT2D eigenvalue weighted by molar-refractivity contribution is -0.106. The van der Waals surface area contributed by atoms with Crippen molar-refractivity contribution in [2.24, 2.45) is 0 Å². The molecular weight excluding hydrogens is 282 g/mol. The zero-order valence-electron chi connectivity index (χ0n) is 13.6. The molecule has 120 valence electrons. The van der Waals surface area contributed by atoms with Crippen LogP contribution < -0.4 is 4.90 Å². The highest BCUT2D eigenvalue weighted by molar-refractivity contribution is 5.46. The van der Waals surface area contributed by atoms with Crippen LogP contribution in [0.25, 0.3) is 5.65 Å². The smallest absolute Gasteiger partial charge is 0.178 e. The number of methoxy groups -OCH3 is 1. The summed E-state index contributed by atoms with van der Waals surface area (Å²) in [5.41, 5.74) is 0.542. The second-order valence-electron chi connectivity index (χ2n) is 6.27. The standard InChI is InChI=1S/C15H23N5O2/c1-5-12-16-17-13-6-7-14(18-20(12)13)19-8-11(9-21-4)22-15(2,3)10-19/h6-7,11H,5,8-10H2,1-4H3/t11-/m1/s1. The number of aromatic nitrogens is 4. The summed E-state index contributed by atoms with van der Waals surface area (Å²) in [6.45, 7) is 8.37. The Morgan fingerprint density at radius 2 is 2.18 bits per heavy atom. The van der Waals surface area contributed by atoms with E-state index in [-0.39, 0.29) is 11.7 Å². The first-order valence-electron chi connectivity index (χ1n) is 7.65. The molecule has 0 bridgehead atoms. The molecule has 2 aromatic rings. The highest BCUT2D eigenvalue weighted by atomic mass is 16.5. The second kappa shape index (κ2) is 5.81. The first kappa shape index (κ1) is 15.2. The van der Waals surface area contributed by atoms with Crippen molar-refractivity contribution in [2.75, 3.05) is 31.7 Å². The zero-order chi connectivity index (χ0) is 15.7. The van der Waals surface area contributed by atoms with Crippen molar-refractivity contribution in [2.45, 2.75) is 38.9 Å². The van der Waals surface area contributed by atoms with Gasteiger partial charge in [0.2, 0.25) is 0 Å². The Morgan fingerprint density at radius 1 is 1.36 bits per heavy atom. The van der Waals surface area contributed by atoms with Gasteiger partial charge in [-0.3, -0.25) is 0 Å². The molecule has 0 aromatic carbocycles. The average Bonchev–Trinajstić information content (AvgIpc) is 2.88. The third kappa shape index (κ3) is 2.91. The minimum Gasteiger partial charge on any atom is -0.382 e. The van der Waals surface area contributed by atoms with Crippen molar-refractivity contribution in [3.63, 3.8) is 0 Å². The Hall–Kier alpha value is -1.73. The molecule has 0 radical (unpaired) electrons. The fourth-order valence-corrected chi connectivity index (χ4v) is 2.96. The summed E-state index contributed by atoms with van der Waals surface area (Å²) in [5.74, 6) is 1.79. The molecule has 0 N–H and O–H groups in total. The molecule has 7 nitrogen and oxygen atoms in total. The molecule has 0 saturated carbocycles. The van der Waals surface area contributed by atoms with E-state index < -0.39 is 0 Å². The topological polar surface area (TPSA) is 64.8 Å². The normalized spacial score (nSPS) is 21.5. The van der Waals surface area contributed by atoms with Crippen LogP contribution in [0.4, 0.5) is 5.82 Å². The lowest BCUT2D eigenvalue weighted by Gasteiger charge is -2.43. The molecule has 1 saturated heterocycles. The number of nitrogens with zero attached hydrogens (tertiary/aromatic N) is 5. The van der Waals surface area contributed by atoms with E-state index in [1.165, 1.54) is 0 Å². The van der Waals surface area contributed by atoms with Crippen LogP contribution in [0.5, 0.6) is 0 Å². The molecule has 0 amide bonds. The molecular formula is C15H23N5O2.